The van der Waals surface area contributed by atoms with E-state index in [4.69, 9.17) is 14.2 Å². The lowest BCUT2D eigenvalue weighted by Crippen LogP contribution is -2.41. The summed E-state index contributed by atoms with van der Waals surface area (Å²) < 4.78 is 40.8. The molecular formula is C18H22N2O6S. The first kappa shape index (κ1) is 20.5. The van der Waals surface area contributed by atoms with Gasteiger partial charge in [0, 0.05) is 11.6 Å². The van der Waals surface area contributed by atoms with Crippen LogP contribution in [0.1, 0.15) is 24.2 Å². The van der Waals surface area contributed by atoms with Gasteiger partial charge in [-0.25, -0.2) is 8.42 Å². The fourth-order valence-corrected chi connectivity index (χ4v) is 3.04. The summed E-state index contributed by atoms with van der Waals surface area (Å²) in [5.41, 5.74) is 2.45. The van der Waals surface area contributed by atoms with Crippen molar-refractivity contribution in [2.24, 2.45) is 0 Å². The lowest BCUT2D eigenvalue weighted by molar-refractivity contribution is 0.0945. The number of carbonyl (C=O) groups excluding carboxylic acids is 1. The Morgan fingerprint density at radius 2 is 1.59 bits per heavy atom. The van der Waals surface area contributed by atoms with E-state index in [0.29, 0.717) is 30.5 Å². The van der Waals surface area contributed by atoms with Crippen molar-refractivity contribution in [3.63, 3.8) is 0 Å². The van der Waals surface area contributed by atoms with Crippen molar-refractivity contribution in [1.82, 2.24) is 10.3 Å². The molecule has 2 rings (SSSR count). The minimum atomic E-state index is -3.99. The van der Waals surface area contributed by atoms with Crippen LogP contribution in [0.15, 0.2) is 47.4 Å². The molecule has 146 valence electrons. The van der Waals surface area contributed by atoms with Gasteiger partial charge in [0.15, 0.2) is 11.5 Å². The average Bonchev–Trinajstić information content (AvgIpc) is 2.68. The van der Waals surface area contributed by atoms with Gasteiger partial charge < -0.3 is 14.2 Å². The Bertz CT molecular complexity index is 881. The number of ether oxygens (including phenoxy) is 3. The van der Waals surface area contributed by atoms with Crippen LogP contribution in [0.5, 0.6) is 17.2 Å². The number of carbonyl (C=O) groups is 1. The molecular weight excluding hydrogens is 372 g/mol. The molecule has 0 atom stereocenters. The van der Waals surface area contributed by atoms with Crippen LogP contribution in [0, 0.1) is 0 Å². The van der Waals surface area contributed by atoms with Crippen molar-refractivity contribution in [3.8, 4) is 17.2 Å². The molecule has 0 aromatic heterocycles. The van der Waals surface area contributed by atoms with Gasteiger partial charge in [-0.15, -0.1) is 4.83 Å². The molecule has 1 amide bonds. The quantitative estimate of drug-likeness (QED) is 0.632. The number of amides is 1. The highest BCUT2D eigenvalue weighted by molar-refractivity contribution is 7.89. The molecule has 0 spiro atoms. The van der Waals surface area contributed by atoms with Crippen LogP contribution in [0.2, 0.25) is 0 Å². The normalized spacial score (nSPS) is 10.9. The number of sulfonamides is 1. The summed E-state index contributed by atoms with van der Waals surface area (Å²) in [7, 11) is -2.48. The first-order valence-electron chi connectivity index (χ1n) is 8.27. The Balaban J connectivity index is 2.13. The summed E-state index contributed by atoms with van der Waals surface area (Å²) in [6.07, 6.45) is 0. The third-order valence-electron chi connectivity index (χ3n) is 3.48. The van der Waals surface area contributed by atoms with Gasteiger partial charge >= 0.3 is 0 Å². The van der Waals surface area contributed by atoms with E-state index in [-0.39, 0.29) is 10.5 Å². The second-order valence-corrected chi connectivity index (χ2v) is 6.95. The number of methoxy groups -OCH3 is 1. The largest absolute Gasteiger partial charge is 0.497 e. The molecule has 2 aromatic carbocycles. The van der Waals surface area contributed by atoms with Crippen LogP contribution in [0.4, 0.5) is 0 Å². The van der Waals surface area contributed by atoms with Crippen LogP contribution in [0.25, 0.3) is 0 Å². The zero-order valence-electron chi connectivity index (χ0n) is 15.3. The number of benzene rings is 2. The highest BCUT2D eigenvalue weighted by Crippen LogP contribution is 2.30. The number of nitrogens with one attached hydrogen (secondary N) is 2. The molecule has 8 nitrogen and oxygen atoms in total. The number of hydrogen-bond acceptors (Lipinski definition) is 6. The molecule has 0 saturated carbocycles. The predicted molar refractivity (Wildman–Crippen MR) is 99.6 cm³/mol. The number of hydrogen-bond donors (Lipinski definition) is 2. The topological polar surface area (TPSA) is 103 Å². The maximum atomic E-state index is 12.5. The molecule has 0 aliphatic heterocycles. The number of hydrazine groups is 1. The van der Waals surface area contributed by atoms with Crippen molar-refractivity contribution in [2.75, 3.05) is 20.3 Å². The van der Waals surface area contributed by atoms with Gasteiger partial charge in [-0.3, -0.25) is 10.2 Å². The first-order chi connectivity index (χ1) is 12.9. The third-order valence-corrected chi connectivity index (χ3v) is 4.72. The third kappa shape index (κ3) is 5.35. The van der Waals surface area contributed by atoms with Crippen LogP contribution in [-0.2, 0) is 10.0 Å². The molecule has 0 saturated heterocycles. The molecule has 0 bridgehead atoms. The average molecular weight is 394 g/mol. The maximum Gasteiger partial charge on any atom is 0.266 e. The van der Waals surface area contributed by atoms with Crippen LogP contribution < -0.4 is 24.5 Å². The summed E-state index contributed by atoms with van der Waals surface area (Å²) >= 11 is 0. The van der Waals surface area contributed by atoms with Crippen molar-refractivity contribution in [2.45, 2.75) is 18.7 Å². The molecule has 0 radical (unpaired) electrons. The minimum absolute atomic E-state index is 0.0653. The lowest BCUT2D eigenvalue weighted by atomic mass is 10.2. The van der Waals surface area contributed by atoms with Gasteiger partial charge in [0.2, 0.25) is 0 Å². The molecule has 0 unspecified atom stereocenters. The zero-order valence-corrected chi connectivity index (χ0v) is 16.1. The summed E-state index contributed by atoms with van der Waals surface area (Å²) in [6, 6.07) is 10.5. The van der Waals surface area contributed by atoms with Crippen molar-refractivity contribution >= 4 is 15.9 Å². The van der Waals surface area contributed by atoms with Gasteiger partial charge in [0.05, 0.1) is 25.2 Å². The predicted octanol–water partition coefficient (Wildman–Crippen LogP) is 2.12. The molecule has 2 N–H and O–H groups in total. The van der Waals surface area contributed by atoms with Crippen molar-refractivity contribution in [1.29, 1.82) is 0 Å². The Morgan fingerprint density at radius 3 is 2.19 bits per heavy atom. The Kier molecular flexibility index (Phi) is 7.03. The minimum Gasteiger partial charge on any atom is -0.497 e. The van der Waals surface area contributed by atoms with E-state index in [1.54, 1.807) is 19.1 Å². The summed E-state index contributed by atoms with van der Waals surface area (Å²) in [5, 5.41) is 0. The maximum absolute atomic E-state index is 12.5. The van der Waals surface area contributed by atoms with E-state index in [2.05, 4.69) is 10.3 Å². The molecule has 0 fully saturated rings. The molecule has 9 heteroatoms. The van der Waals surface area contributed by atoms with Gasteiger partial charge in [0.1, 0.15) is 5.75 Å². The van der Waals surface area contributed by atoms with Crippen LogP contribution >= 0.6 is 0 Å². The van der Waals surface area contributed by atoms with E-state index in [1.807, 2.05) is 6.92 Å². The Labute approximate surface area is 158 Å². The van der Waals surface area contributed by atoms with E-state index in [9.17, 15) is 13.2 Å². The number of rotatable bonds is 9. The van der Waals surface area contributed by atoms with Crippen LogP contribution in [-0.4, -0.2) is 34.6 Å². The summed E-state index contributed by atoms with van der Waals surface area (Å²) in [6.45, 7) is 4.37. The molecule has 0 aliphatic carbocycles. The van der Waals surface area contributed by atoms with E-state index < -0.39 is 15.9 Å². The van der Waals surface area contributed by atoms with E-state index >= 15 is 0 Å². The van der Waals surface area contributed by atoms with Gasteiger partial charge in [0.25, 0.3) is 15.9 Å². The molecule has 0 aliphatic rings. The van der Waals surface area contributed by atoms with Crippen molar-refractivity contribution < 1.29 is 27.4 Å². The molecule has 2 aromatic rings. The van der Waals surface area contributed by atoms with Gasteiger partial charge in [-0.2, -0.15) is 0 Å². The van der Waals surface area contributed by atoms with Crippen LogP contribution in [0.3, 0.4) is 0 Å². The Morgan fingerprint density at radius 1 is 0.963 bits per heavy atom. The smallest absolute Gasteiger partial charge is 0.266 e. The fraction of sp³-hybridized carbons (Fsp3) is 0.278. The monoisotopic (exact) mass is 394 g/mol. The van der Waals surface area contributed by atoms with Crippen molar-refractivity contribution in [3.05, 3.63) is 48.0 Å². The second kappa shape index (κ2) is 9.24. The first-order valence-corrected chi connectivity index (χ1v) is 9.75. The molecule has 27 heavy (non-hydrogen) atoms. The SMILES string of the molecule is CCOc1ccc(S(=O)(=O)NNC(=O)c2ccc(OC)cc2)cc1OCC. The lowest BCUT2D eigenvalue weighted by Gasteiger charge is -2.13. The highest BCUT2D eigenvalue weighted by atomic mass is 32.2. The highest BCUT2D eigenvalue weighted by Gasteiger charge is 2.18. The van der Waals surface area contributed by atoms with Gasteiger partial charge in [-0.1, -0.05) is 0 Å². The summed E-state index contributed by atoms with van der Waals surface area (Å²) in [5.74, 6) is 0.742. The standard InChI is InChI=1S/C18H22N2O6S/c1-4-25-16-11-10-15(12-17(16)26-5-2)27(22,23)20-19-18(21)13-6-8-14(24-3)9-7-13/h6-12,20H,4-5H2,1-3H3,(H,19,21). The fourth-order valence-electron chi connectivity index (χ4n) is 2.19. The zero-order chi connectivity index (χ0) is 19.9. The van der Waals surface area contributed by atoms with Gasteiger partial charge in [-0.05, 0) is 50.2 Å². The summed E-state index contributed by atoms with van der Waals surface area (Å²) in [4.78, 5) is 14.1. The van der Waals surface area contributed by atoms with E-state index in [0.717, 1.165) is 0 Å². The molecule has 0 heterocycles. The Hall–Kier alpha value is -2.78. The second-order valence-electron chi connectivity index (χ2n) is 5.26. The van der Waals surface area contributed by atoms with E-state index in [1.165, 1.54) is 37.4 Å².